The van der Waals surface area contributed by atoms with Gasteiger partial charge in [-0.05, 0) is 7.05 Å². The van der Waals surface area contributed by atoms with Crippen molar-refractivity contribution >= 4 is 0 Å². The number of hydrogen-bond acceptors (Lipinski definition) is 6. The molecular formula is C13H24N4O2. The van der Waals surface area contributed by atoms with Crippen molar-refractivity contribution in [1.29, 1.82) is 0 Å². The summed E-state index contributed by atoms with van der Waals surface area (Å²) in [7, 11) is 3.77. The molecule has 2 heterocycles. The van der Waals surface area contributed by atoms with Crippen molar-refractivity contribution in [3.05, 3.63) is 17.5 Å². The Morgan fingerprint density at radius 3 is 3.00 bits per heavy atom. The van der Waals surface area contributed by atoms with Crippen LogP contribution in [0.15, 0.2) is 10.6 Å². The molecule has 1 aliphatic rings. The molecule has 1 saturated heterocycles. The predicted molar refractivity (Wildman–Crippen MR) is 72.9 cm³/mol. The Balaban J connectivity index is 1.69. The second-order valence-electron chi connectivity index (χ2n) is 5.05. The van der Waals surface area contributed by atoms with Gasteiger partial charge in [-0.3, -0.25) is 9.80 Å². The normalized spacial score (nSPS) is 17.2. The minimum absolute atomic E-state index is 0.484. The number of rotatable bonds is 7. The van der Waals surface area contributed by atoms with Gasteiger partial charge < -0.3 is 14.6 Å². The first-order valence-electron chi connectivity index (χ1n) is 6.83. The van der Waals surface area contributed by atoms with Gasteiger partial charge in [0.05, 0.1) is 5.69 Å². The van der Waals surface area contributed by atoms with Crippen molar-refractivity contribution in [3.8, 4) is 0 Å². The number of methoxy groups -OCH3 is 1. The van der Waals surface area contributed by atoms with Crippen LogP contribution in [0.3, 0.4) is 0 Å². The van der Waals surface area contributed by atoms with Crippen LogP contribution in [0.5, 0.6) is 0 Å². The SMILES string of the molecule is COCc1cc(CN(C)CCN2CCNCC2)no1. The molecule has 0 spiro atoms. The molecule has 1 aliphatic heterocycles. The van der Waals surface area contributed by atoms with Crippen LogP contribution in [-0.4, -0.2) is 68.4 Å². The topological polar surface area (TPSA) is 53.8 Å². The standard InChI is InChI=1S/C13H24N4O2/c1-16(7-8-17-5-3-14-4-6-17)10-12-9-13(11-18-2)19-15-12/h9,14H,3-8,10-11H2,1-2H3. The van der Waals surface area contributed by atoms with E-state index in [0.29, 0.717) is 6.61 Å². The predicted octanol–water partition coefficient (Wildman–Crippen LogP) is 0.158. The summed E-state index contributed by atoms with van der Waals surface area (Å²) in [5.41, 5.74) is 0.967. The van der Waals surface area contributed by atoms with Crippen molar-refractivity contribution in [3.63, 3.8) is 0 Å². The fourth-order valence-corrected chi connectivity index (χ4v) is 2.24. The van der Waals surface area contributed by atoms with E-state index in [4.69, 9.17) is 9.26 Å². The average molecular weight is 268 g/mol. The molecule has 0 bridgehead atoms. The van der Waals surface area contributed by atoms with E-state index in [2.05, 4.69) is 27.3 Å². The lowest BCUT2D eigenvalue weighted by atomic mass is 10.3. The lowest BCUT2D eigenvalue weighted by Gasteiger charge is -2.28. The number of hydrogen-bond donors (Lipinski definition) is 1. The van der Waals surface area contributed by atoms with Crippen molar-refractivity contribution in [2.45, 2.75) is 13.2 Å². The van der Waals surface area contributed by atoms with Crippen LogP contribution >= 0.6 is 0 Å². The molecule has 6 heteroatoms. The van der Waals surface area contributed by atoms with E-state index >= 15 is 0 Å². The average Bonchev–Trinajstić information content (AvgIpc) is 2.85. The fourth-order valence-electron chi connectivity index (χ4n) is 2.24. The zero-order valence-electron chi connectivity index (χ0n) is 11.9. The van der Waals surface area contributed by atoms with Crippen LogP contribution < -0.4 is 5.32 Å². The number of ether oxygens (including phenoxy) is 1. The second kappa shape index (κ2) is 7.59. The highest BCUT2D eigenvalue weighted by Gasteiger charge is 2.11. The van der Waals surface area contributed by atoms with E-state index in [-0.39, 0.29) is 0 Å². The first-order valence-corrected chi connectivity index (χ1v) is 6.83. The van der Waals surface area contributed by atoms with Gasteiger partial charge in [-0.25, -0.2) is 0 Å². The monoisotopic (exact) mass is 268 g/mol. The summed E-state index contributed by atoms with van der Waals surface area (Å²) in [6, 6.07) is 1.96. The molecule has 19 heavy (non-hydrogen) atoms. The molecule has 0 radical (unpaired) electrons. The molecule has 1 N–H and O–H groups in total. The largest absolute Gasteiger partial charge is 0.377 e. The van der Waals surface area contributed by atoms with Crippen molar-refractivity contribution < 1.29 is 9.26 Å². The number of aromatic nitrogens is 1. The molecule has 0 saturated carbocycles. The highest BCUT2D eigenvalue weighted by molar-refractivity contribution is 5.04. The van der Waals surface area contributed by atoms with Crippen LogP contribution in [0, 0.1) is 0 Å². The van der Waals surface area contributed by atoms with Crippen molar-refractivity contribution in [2.75, 3.05) is 53.4 Å². The van der Waals surface area contributed by atoms with Crippen LogP contribution in [0.1, 0.15) is 11.5 Å². The zero-order valence-corrected chi connectivity index (χ0v) is 11.9. The van der Waals surface area contributed by atoms with Gasteiger partial charge in [0.25, 0.3) is 0 Å². The summed E-state index contributed by atoms with van der Waals surface area (Å²) < 4.78 is 10.2. The Morgan fingerprint density at radius 1 is 1.47 bits per heavy atom. The van der Waals surface area contributed by atoms with Gasteiger partial charge in [-0.2, -0.15) is 0 Å². The first kappa shape index (κ1) is 14.5. The number of nitrogens with zero attached hydrogens (tertiary/aromatic N) is 3. The van der Waals surface area contributed by atoms with E-state index in [1.165, 1.54) is 0 Å². The summed E-state index contributed by atoms with van der Waals surface area (Å²) in [4.78, 5) is 4.77. The third-order valence-electron chi connectivity index (χ3n) is 3.33. The first-order chi connectivity index (χ1) is 9.28. The minimum atomic E-state index is 0.484. The molecule has 1 fully saturated rings. The molecule has 1 aromatic heterocycles. The van der Waals surface area contributed by atoms with Crippen molar-refractivity contribution in [1.82, 2.24) is 20.3 Å². The number of piperazine rings is 1. The van der Waals surface area contributed by atoms with Gasteiger partial charge in [0.15, 0.2) is 5.76 Å². The maximum Gasteiger partial charge on any atom is 0.162 e. The molecule has 6 nitrogen and oxygen atoms in total. The maximum absolute atomic E-state index is 5.18. The fraction of sp³-hybridized carbons (Fsp3) is 0.769. The molecule has 0 amide bonds. The quantitative estimate of drug-likeness (QED) is 0.760. The third kappa shape index (κ3) is 4.91. The Morgan fingerprint density at radius 2 is 2.26 bits per heavy atom. The second-order valence-corrected chi connectivity index (χ2v) is 5.05. The summed E-state index contributed by atoms with van der Waals surface area (Å²) in [5.74, 6) is 0.785. The highest BCUT2D eigenvalue weighted by Crippen LogP contribution is 2.07. The molecule has 0 atom stereocenters. The molecule has 0 unspecified atom stereocenters. The van der Waals surface area contributed by atoms with Crippen LogP contribution in [-0.2, 0) is 17.9 Å². The molecule has 108 valence electrons. The maximum atomic E-state index is 5.18. The Labute approximate surface area is 114 Å². The van der Waals surface area contributed by atoms with E-state index in [1.807, 2.05) is 6.07 Å². The van der Waals surface area contributed by atoms with Gasteiger partial charge in [0.2, 0.25) is 0 Å². The van der Waals surface area contributed by atoms with Gasteiger partial charge in [-0.15, -0.1) is 0 Å². The molecule has 2 rings (SSSR count). The molecule has 0 aliphatic carbocycles. The van der Waals surface area contributed by atoms with E-state index in [9.17, 15) is 0 Å². The van der Waals surface area contributed by atoms with Crippen LogP contribution in [0.2, 0.25) is 0 Å². The molecular weight excluding hydrogens is 244 g/mol. The third-order valence-corrected chi connectivity index (χ3v) is 3.33. The Hall–Kier alpha value is -0.950. The van der Waals surface area contributed by atoms with E-state index in [0.717, 1.165) is 57.3 Å². The van der Waals surface area contributed by atoms with Gasteiger partial charge in [0.1, 0.15) is 6.61 Å². The van der Waals surface area contributed by atoms with Gasteiger partial charge in [0, 0.05) is 59.0 Å². The Bertz CT molecular complexity index is 363. The zero-order chi connectivity index (χ0) is 13.5. The van der Waals surface area contributed by atoms with Crippen LogP contribution in [0.25, 0.3) is 0 Å². The number of likely N-dealkylation sites (N-methyl/N-ethyl adjacent to an activating group) is 1. The highest BCUT2D eigenvalue weighted by atomic mass is 16.5. The van der Waals surface area contributed by atoms with Gasteiger partial charge >= 0.3 is 0 Å². The molecule has 1 aromatic rings. The smallest absolute Gasteiger partial charge is 0.162 e. The van der Waals surface area contributed by atoms with E-state index in [1.54, 1.807) is 7.11 Å². The minimum Gasteiger partial charge on any atom is -0.377 e. The van der Waals surface area contributed by atoms with E-state index < -0.39 is 0 Å². The lowest BCUT2D eigenvalue weighted by molar-refractivity contribution is 0.155. The van der Waals surface area contributed by atoms with Crippen LogP contribution in [0.4, 0.5) is 0 Å². The summed E-state index contributed by atoms with van der Waals surface area (Å²) in [5, 5.41) is 7.42. The van der Waals surface area contributed by atoms with Gasteiger partial charge in [-0.1, -0.05) is 5.16 Å². The lowest BCUT2D eigenvalue weighted by Crippen LogP contribution is -2.45. The Kier molecular flexibility index (Phi) is 5.78. The van der Waals surface area contributed by atoms with Crippen molar-refractivity contribution in [2.24, 2.45) is 0 Å². The summed E-state index contributed by atoms with van der Waals surface area (Å²) >= 11 is 0. The summed E-state index contributed by atoms with van der Waals surface area (Å²) in [6.07, 6.45) is 0. The summed E-state index contributed by atoms with van der Waals surface area (Å²) in [6.45, 7) is 7.97. The molecule has 0 aromatic carbocycles. The number of nitrogens with one attached hydrogen (secondary N) is 1.